The number of nitrogens with zero attached hydrogens (tertiary/aromatic N) is 4. The standard InChI is InChI=1S/C41H40N4O6/c1-39(2,3)50-37(47)44-32-21-19-28(49-7)23-30(32)41(36(44)46)24-31(41)27-18-20-29-33(22-27)45(38(48)51-40(4,5)6)43-35(29)42-34(25-14-10-8-11-15-25)26-16-12-9-13-17-26/h8-23,31H,24H2,1-7H3/t31-,41-/m0/s1. The largest absolute Gasteiger partial charge is 0.497 e. The normalized spacial score (nSPS) is 18.1. The van der Waals surface area contributed by atoms with Crippen LogP contribution >= 0.6 is 0 Å². The van der Waals surface area contributed by atoms with Gasteiger partial charge in [-0.15, -0.1) is 5.10 Å². The van der Waals surface area contributed by atoms with Gasteiger partial charge in [-0.25, -0.2) is 19.5 Å². The Kier molecular flexibility index (Phi) is 8.08. The Balaban J connectivity index is 1.35. The number of hydrogen-bond acceptors (Lipinski definition) is 8. The number of hydrogen-bond donors (Lipinski definition) is 0. The lowest BCUT2D eigenvalue weighted by Crippen LogP contribution is -2.41. The number of benzene rings is 4. The molecule has 0 radical (unpaired) electrons. The summed E-state index contributed by atoms with van der Waals surface area (Å²) in [4.78, 5) is 47.6. The van der Waals surface area contributed by atoms with Gasteiger partial charge >= 0.3 is 12.2 Å². The first-order chi connectivity index (χ1) is 24.2. The van der Waals surface area contributed by atoms with Crippen LogP contribution in [0, 0.1) is 0 Å². The number of ether oxygens (including phenoxy) is 3. The van der Waals surface area contributed by atoms with Gasteiger partial charge in [0.05, 0.1) is 29.4 Å². The highest BCUT2D eigenvalue weighted by atomic mass is 16.6. The number of aliphatic imine (C=N–C) groups is 1. The molecule has 0 bridgehead atoms. The molecule has 0 unspecified atom stereocenters. The highest BCUT2D eigenvalue weighted by Crippen LogP contribution is 2.67. The third-order valence-corrected chi connectivity index (χ3v) is 9.01. The Morgan fingerprint density at radius 1 is 0.804 bits per heavy atom. The van der Waals surface area contributed by atoms with Gasteiger partial charge in [0.25, 0.3) is 0 Å². The molecule has 0 saturated heterocycles. The molecule has 51 heavy (non-hydrogen) atoms. The maximum absolute atomic E-state index is 14.3. The van der Waals surface area contributed by atoms with Crippen LogP contribution in [0.5, 0.6) is 5.75 Å². The molecule has 1 aliphatic heterocycles. The molecule has 10 nitrogen and oxygen atoms in total. The van der Waals surface area contributed by atoms with Crippen LogP contribution in [-0.4, -0.2) is 51.9 Å². The van der Waals surface area contributed by atoms with Crippen LogP contribution in [0.15, 0.2) is 102 Å². The highest BCUT2D eigenvalue weighted by Gasteiger charge is 2.68. The first-order valence-corrected chi connectivity index (χ1v) is 16.9. The molecule has 2 atom stereocenters. The van der Waals surface area contributed by atoms with E-state index in [0.29, 0.717) is 45.9 Å². The average molecular weight is 685 g/mol. The molecule has 2 amide bonds. The first-order valence-electron chi connectivity index (χ1n) is 16.9. The second-order valence-electron chi connectivity index (χ2n) is 14.9. The molecular formula is C41H40N4O6. The Morgan fingerprint density at radius 3 is 2.00 bits per heavy atom. The summed E-state index contributed by atoms with van der Waals surface area (Å²) < 4.78 is 18.2. The molecule has 4 aromatic carbocycles. The van der Waals surface area contributed by atoms with Crippen LogP contribution < -0.4 is 9.64 Å². The predicted molar refractivity (Wildman–Crippen MR) is 195 cm³/mol. The van der Waals surface area contributed by atoms with Gasteiger partial charge in [-0.3, -0.25) is 4.79 Å². The van der Waals surface area contributed by atoms with Crippen molar-refractivity contribution >= 4 is 46.2 Å². The van der Waals surface area contributed by atoms with E-state index in [2.05, 4.69) is 0 Å². The van der Waals surface area contributed by atoms with E-state index in [0.717, 1.165) is 21.6 Å². The summed E-state index contributed by atoms with van der Waals surface area (Å²) >= 11 is 0. The topological polar surface area (TPSA) is 112 Å². The summed E-state index contributed by atoms with van der Waals surface area (Å²) in [6.07, 6.45) is -0.926. The number of rotatable bonds is 5. The van der Waals surface area contributed by atoms with Gasteiger partial charge < -0.3 is 14.2 Å². The Labute approximate surface area is 296 Å². The number of aromatic nitrogens is 2. The Bertz CT molecular complexity index is 2170. The van der Waals surface area contributed by atoms with Crippen molar-refractivity contribution in [2.45, 2.75) is 70.5 Å². The van der Waals surface area contributed by atoms with Crippen LogP contribution in [0.2, 0.25) is 0 Å². The minimum absolute atomic E-state index is 0.300. The number of carbonyl (C=O) groups excluding carboxylic acids is 3. The van der Waals surface area contributed by atoms with Gasteiger partial charge in [0.15, 0.2) is 5.82 Å². The molecule has 10 heteroatoms. The zero-order valence-electron chi connectivity index (χ0n) is 29.8. The Hall–Kier alpha value is -5.77. The van der Waals surface area contributed by atoms with Crippen molar-refractivity contribution in [1.82, 2.24) is 9.78 Å². The summed E-state index contributed by atoms with van der Waals surface area (Å²) in [5.74, 6) is 0.266. The SMILES string of the molecule is COc1ccc2c(c1)[C@]1(C[C@H]1c1ccc3c(N=C(c4ccccc4)c4ccccc4)nn(C(=O)OC(C)(C)C)c3c1)C(=O)N2C(=O)OC(C)(C)C. The van der Waals surface area contributed by atoms with Crippen LogP contribution in [0.4, 0.5) is 21.1 Å². The van der Waals surface area contributed by atoms with E-state index in [1.54, 1.807) is 60.8 Å². The van der Waals surface area contributed by atoms with Crippen molar-refractivity contribution in [2.75, 3.05) is 12.0 Å². The lowest BCUT2D eigenvalue weighted by Gasteiger charge is -2.24. The molecule has 2 heterocycles. The molecule has 1 saturated carbocycles. The number of fused-ring (bicyclic) bond motifs is 3. The summed E-state index contributed by atoms with van der Waals surface area (Å²) in [6.45, 7) is 10.7. The predicted octanol–water partition coefficient (Wildman–Crippen LogP) is 8.70. The summed E-state index contributed by atoms with van der Waals surface area (Å²) in [5, 5.41) is 5.36. The van der Waals surface area contributed by atoms with E-state index in [-0.39, 0.29) is 11.8 Å². The number of imide groups is 1. The number of amides is 2. The average Bonchev–Trinajstić information content (AvgIpc) is 3.67. The molecule has 260 valence electrons. The molecule has 0 N–H and O–H groups in total. The molecule has 1 fully saturated rings. The second-order valence-corrected chi connectivity index (χ2v) is 14.9. The highest BCUT2D eigenvalue weighted by molar-refractivity contribution is 6.23. The van der Waals surface area contributed by atoms with Gasteiger partial charge in [-0.1, -0.05) is 66.7 Å². The van der Waals surface area contributed by atoms with Crippen molar-refractivity contribution in [3.8, 4) is 5.75 Å². The maximum atomic E-state index is 14.3. The van der Waals surface area contributed by atoms with Crippen LogP contribution in [0.1, 0.15) is 76.1 Å². The van der Waals surface area contributed by atoms with Crippen LogP contribution in [0.25, 0.3) is 10.9 Å². The van der Waals surface area contributed by atoms with E-state index >= 15 is 0 Å². The van der Waals surface area contributed by atoms with Crippen LogP contribution in [-0.2, 0) is 19.7 Å². The monoisotopic (exact) mass is 684 g/mol. The number of methoxy groups -OCH3 is 1. The first kappa shape index (κ1) is 33.7. The summed E-state index contributed by atoms with van der Waals surface area (Å²) in [6, 6.07) is 30.6. The van der Waals surface area contributed by atoms with Crippen molar-refractivity contribution < 1.29 is 28.6 Å². The van der Waals surface area contributed by atoms with E-state index in [4.69, 9.17) is 24.3 Å². The third-order valence-electron chi connectivity index (χ3n) is 9.01. The molecule has 2 aliphatic rings. The lowest BCUT2D eigenvalue weighted by atomic mass is 9.91. The molecule has 5 aromatic rings. The van der Waals surface area contributed by atoms with Crippen molar-refractivity contribution in [1.29, 1.82) is 0 Å². The van der Waals surface area contributed by atoms with Gasteiger partial charge in [0, 0.05) is 22.4 Å². The van der Waals surface area contributed by atoms with Gasteiger partial charge in [-0.05, 0) is 89.4 Å². The summed E-state index contributed by atoms with van der Waals surface area (Å²) in [5.41, 5.74) is 2.36. The van der Waals surface area contributed by atoms with E-state index in [1.807, 2.05) is 84.9 Å². The minimum atomic E-state index is -1.01. The zero-order chi connectivity index (χ0) is 36.3. The van der Waals surface area contributed by atoms with Gasteiger partial charge in [-0.2, -0.15) is 4.68 Å². The lowest BCUT2D eigenvalue weighted by molar-refractivity contribution is -0.120. The van der Waals surface area contributed by atoms with Crippen molar-refractivity contribution in [3.63, 3.8) is 0 Å². The van der Waals surface area contributed by atoms with E-state index in [9.17, 15) is 14.4 Å². The molecule has 1 spiro atoms. The fraction of sp³-hybridized carbons (Fsp3) is 0.293. The third kappa shape index (κ3) is 6.15. The fourth-order valence-electron chi connectivity index (χ4n) is 6.76. The molecule has 1 aliphatic carbocycles. The van der Waals surface area contributed by atoms with E-state index in [1.165, 1.54) is 4.68 Å². The van der Waals surface area contributed by atoms with Crippen molar-refractivity contribution in [3.05, 3.63) is 119 Å². The second kappa shape index (κ2) is 12.2. The molecular weight excluding hydrogens is 644 g/mol. The molecule has 7 rings (SSSR count). The van der Waals surface area contributed by atoms with Crippen LogP contribution in [0.3, 0.4) is 0 Å². The zero-order valence-corrected chi connectivity index (χ0v) is 29.8. The van der Waals surface area contributed by atoms with E-state index < -0.39 is 28.8 Å². The Morgan fingerprint density at radius 2 is 1.41 bits per heavy atom. The van der Waals surface area contributed by atoms with Gasteiger partial charge in [0.1, 0.15) is 17.0 Å². The number of carbonyl (C=O) groups is 3. The van der Waals surface area contributed by atoms with Crippen molar-refractivity contribution in [2.24, 2.45) is 4.99 Å². The smallest absolute Gasteiger partial charge is 0.435 e. The van der Waals surface area contributed by atoms with Gasteiger partial charge in [0.2, 0.25) is 5.91 Å². The quantitative estimate of drug-likeness (QED) is 0.170. The summed E-state index contributed by atoms with van der Waals surface area (Å²) in [7, 11) is 1.56. The number of anilines is 1. The molecule has 1 aromatic heterocycles. The minimum Gasteiger partial charge on any atom is -0.497 e. The fourth-order valence-corrected chi connectivity index (χ4v) is 6.76. The maximum Gasteiger partial charge on any atom is 0.435 e.